The maximum absolute atomic E-state index is 10.5. The van der Waals surface area contributed by atoms with Crippen LogP contribution >= 0.6 is 0 Å². The van der Waals surface area contributed by atoms with E-state index in [9.17, 15) is 4.79 Å². The molecule has 0 aromatic heterocycles. The molecule has 0 aromatic carbocycles. The van der Waals surface area contributed by atoms with Crippen molar-refractivity contribution in [1.29, 1.82) is 0 Å². The third kappa shape index (κ3) is 27.1. The summed E-state index contributed by atoms with van der Waals surface area (Å²) in [5.41, 5.74) is 4.99. The molecule has 0 unspecified atom stereocenters. The average molecular weight is 426 g/mol. The first kappa shape index (κ1) is 28.1. The number of carbonyl (C=O) groups excluding carboxylic acids is 1. The molecule has 0 aromatic rings. The first-order chi connectivity index (χ1) is 14.3. The van der Waals surface area contributed by atoms with E-state index in [1.165, 1.54) is 0 Å². The summed E-state index contributed by atoms with van der Waals surface area (Å²) >= 11 is 0. The second kappa shape index (κ2) is 25.2. The lowest BCUT2D eigenvalue weighted by Crippen LogP contribution is -2.16. The molecule has 0 aliphatic carbocycles. The van der Waals surface area contributed by atoms with E-state index in [2.05, 4.69) is 0 Å². The van der Waals surface area contributed by atoms with E-state index in [1.807, 2.05) is 6.92 Å². The van der Waals surface area contributed by atoms with Gasteiger partial charge in [0.15, 0.2) is 0 Å². The summed E-state index contributed by atoms with van der Waals surface area (Å²) in [7, 11) is 0. The molecule has 0 saturated heterocycles. The Morgan fingerprint density at radius 1 is 0.483 bits per heavy atom. The lowest BCUT2D eigenvalue weighted by molar-refractivity contribution is -0.119. The smallest absolute Gasteiger partial charge is 0.219 e. The van der Waals surface area contributed by atoms with E-state index in [0.717, 1.165) is 0 Å². The van der Waals surface area contributed by atoms with Gasteiger partial charge in [0.2, 0.25) is 5.91 Å². The second-order valence-electron chi connectivity index (χ2n) is 5.70. The van der Waals surface area contributed by atoms with Crippen molar-refractivity contribution in [2.75, 3.05) is 106 Å². The second-order valence-corrected chi connectivity index (χ2v) is 5.70. The molecule has 0 spiro atoms. The number of carbonyl (C=O) groups is 1. The summed E-state index contributed by atoms with van der Waals surface area (Å²) in [6.07, 6.45) is 0.229. The van der Waals surface area contributed by atoms with Gasteiger partial charge in [-0.1, -0.05) is 0 Å². The van der Waals surface area contributed by atoms with Crippen molar-refractivity contribution in [3.8, 4) is 0 Å². The maximum atomic E-state index is 10.5. The molecule has 0 aliphatic rings. The maximum Gasteiger partial charge on any atom is 0.219 e. The molecule has 0 atom stereocenters. The van der Waals surface area contributed by atoms with Crippen LogP contribution in [0.15, 0.2) is 0 Å². The van der Waals surface area contributed by atoms with E-state index in [4.69, 9.17) is 43.6 Å². The van der Waals surface area contributed by atoms with Gasteiger partial charge in [-0.3, -0.25) is 4.79 Å². The van der Waals surface area contributed by atoms with E-state index >= 15 is 0 Å². The Labute approximate surface area is 174 Å². The summed E-state index contributed by atoms with van der Waals surface area (Å²) in [6, 6.07) is 0. The molecule has 0 rings (SSSR count). The van der Waals surface area contributed by atoms with Gasteiger partial charge < -0.3 is 43.6 Å². The van der Waals surface area contributed by atoms with Gasteiger partial charge in [-0.2, -0.15) is 0 Å². The first-order valence-electron chi connectivity index (χ1n) is 10.2. The zero-order valence-electron chi connectivity index (χ0n) is 17.8. The fourth-order valence-electron chi connectivity index (χ4n) is 1.86. The van der Waals surface area contributed by atoms with Gasteiger partial charge in [0.25, 0.3) is 0 Å². The molecule has 10 nitrogen and oxygen atoms in total. The molecular formula is C19H39NO9. The Morgan fingerprint density at radius 2 is 0.724 bits per heavy atom. The Morgan fingerprint density at radius 3 is 0.966 bits per heavy atom. The highest BCUT2D eigenvalue weighted by Crippen LogP contribution is 1.86. The molecule has 29 heavy (non-hydrogen) atoms. The molecule has 0 fully saturated rings. The van der Waals surface area contributed by atoms with Crippen LogP contribution in [0.4, 0.5) is 0 Å². The quantitative estimate of drug-likeness (QED) is 0.202. The van der Waals surface area contributed by atoms with Crippen LogP contribution in [0, 0.1) is 0 Å². The number of ether oxygens (including phenoxy) is 8. The lowest BCUT2D eigenvalue weighted by atomic mass is 10.4. The van der Waals surface area contributed by atoms with Crippen molar-refractivity contribution >= 4 is 5.91 Å². The van der Waals surface area contributed by atoms with Crippen LogP contribution in [-0.4, -0.2) is 112 Å². The van der Waals surface area contributed by atoms with Gasteiger partial charge in [0.1, 0.15) is 0 Å². The summed E-state index contributed by atoms with van der Waals surface area (Å²) in [6.45, 7) is 10.3. The van der Waals surface area contributed by atoms with E-state index < -0.39 is 0 Å². The summed E-state index contributed by atoms with van der Waals surface area (Å²) in [4.78, 5) is 10.5. The van der Waals surface area contributed by atoms with Crippen LogP contribution in [0.25, 0.3) is 0 Å². The third-order valence-electron chi connectivity index (χ3n) is 3.30. The van der Waals surface area contributed by atoms with Gasteiger partial charge >= 0.3 is 0 Å². The highest BCUT2D eigenvalue weighted by molar-refractivity contribution is 5.73. The van der Waals surface area contributed by atoms with Gasteiger partial charge in [0.05, 0.1) is 99.1 Å². The Kier molecular flexibility index (Phi) is 24.4. The molecule has 0 aliphatic heterocycles. The van der Waals surface area contributed by atoms with Crippen molar-refractivity contribution in [3.63, 3.8) is 0 Å². The number of nitrogens with two attached hydrogens (primary N) is 1. The number of rotatable bonds is 25. The van der Waals surface area contributed by atoms with Crippen LogP contribution in [0.5, 0.6) is 0 Å². The predicted molar refractivity (Wildman–Crippen MR) is 106 cm³/mol. The number of primary amides is 1. The van der Waals surface area contributed by atoms with Crippen molar-refractivity contribution < 1.29 is 42.7 Å². The number of hydrogen-bond acceptors (Lipinski definition) is 9. The molecule has 0 saturated carbocycles. The standard InChI is InChI=1S/C19H39NO9/c1-2-22-5-6-24-9-10-26-13-14-28-17-18-29-16-15-27-12-11-25-8-7-23-4-3-19(20)21/h2-18H2,1H3,(H2,20,21). The summed E-state index contributed by atoms with van der Waals surface area (Å²) in [5.74, 6) is -0.368. The fourth-order valence-corrected chi connectivity index (χ4v) is 1.86. The normalized spacial score (nSPS) is 11.2. The van der Waals surface area contributed by atoms with Gasteiger partial charge in [-0.15, -0.1) is 0 Å². The molecule has 2 N–H and O–H groups in total. The van der Waals surface area contributed by atoms with Crippen LogP contribution in [0.1, 0.15) is 13.3 Å². The van der Waals surface area contributed by atoms with Crippen molar-refractivity contribution in [2.45, 2.75) is 13.3 Å². The fraction of sp³-hybridized carbons (Fsp3) is 0.947. The predicted octanol–water partition coefficient (Wildman–Crippen LogP) is 0.0145. The topological polar surface area (TPSA) is 117 Å². The Balaban J connectivity index is 2.99. The van der Waals surface area contributed by atoms with Gasteiger partial charge in [-0.25, -0.2) is 0 Å². The van der Waals surface area contributed by atoms with Gasteiger partial charge in [0, 0.05) is 13.0 Å². The van der Waals surface area contributed by atoms with Crippen LogP contribution in [-0.2, 0) is 42.7 Å². The zero-order chi connectivity index (χ0) is 21.3. The Bertz CT molecular complexity index is 335. The zero-order valence-corrected chi connectivity index (χ0v) is 17.8. The minimum absolute atomic E-state index is 0.229. The highest BCUT2D eigenvalue weighted by Gasteiger charge is 1.96. The molecule has 10 heteroatoms. The van der Waals surface area contributed by atoms with Crippen molar-refractivity contribution in [3.05, 3.63) is 0 Å². The molecular weight excluding hydrogens is 386 g/mol. The summed E-state index contributed by atoms with van der Waals surface area (Å²) in [5, 5.41) is 0. The highest BCUT2D eigenvalue weighted by atomic mass is 16.6. The average Bonchev–Trinajstić information content (AvgIpc) is 2.71. The SMILES string of the molecule is CCOCCOCCOCCOCCOCCOCCOCCOCCC(N)=O. The summed E-state index contributed by atoms with van der Waals surface area (Å²) < 4.78 is 42.5. The van der Waals surface area contributed by atoms with Crippen LogP contribution in [0.3, 0.4) is 0 Å². The van der Waals surface area contributed by atoms with Crippen LogP contribution < -0.4 is 5.73 Å². The molecule has 1 amide bonds. The van der Waals surface area contributed by atoms with Gasteiger partial charge in [-0.05, 0) is 6.92 Å². The minimum Gasteiger partial charge on any atom is -0.379 e. The largest absolute Gasteiger partial charge is 0.379 e. The Hall–Kier alpha value is -0.850. The molecule has 174 valence electrons. The van der Waals surface area contributed by atoms with Crippen LogP contribution in [0.2, 0.25) is 0 Å². The van der Waals surface area contributed by atoms with E-state index in [1.54, 1.807) is 0 Å². The molecule has 0 bridgehead atoms. The van der Waals surface area contributed by atoms with Crippen molar-refractivity contribution in [1.82, 2.24) is 0 Å². The third-order valence-corrected chi connectivity index (χ3v) is 3.30. The number of amides is 1. The minimum atomic E-state index is -0.368. The monoisotopic (exact) mass is 425 g/mol. The van der Waals surface area contributed by atoms with E-state index in [0.29, 0.717) is 106 Å². The lowest BCUT2D eigenvalue weighted by Gasteiger charge is -2.08. The molecule has 0 radical (unpaired) electrons. The van der Waals surface area contributed by atoms with E-state index in [-0.39, 0.29) is 12.3 Å². The first-order valence-corrected chi connectivity index (χ1v) is 10.2. The number of hydrogen-bond donors (Lipinski definition) is 1. The van der Waals surface area contributed by atoms with Crippen molar-refractivity contribution in [2.24, 2.45) is 5.73 Å². The molecule has 0 heterocycles.